The van der Waals surface area contributed by atoms with Crippen molar-refractivity contribution >= 4 is 21.7 Å². The normalized spacial score (nSPS) is 11.5. The van der Waals surface area contributed by atoms with Crippen LogP contribution in [0.2, 0.25) is 5.02 Å². The van der Waals surface area contributed by atoms with E-state index < -0.39 is 15.7 Å². The number of hydrogen-bond donors (Lipinski definition) is 2. The average Bonchev–Trinajstić information content (AvgIpc) is 2.41. The van der Waals surface area contributed by atoms with Gasteiger partial charge >= 0.3 is 0 Å². The first-order valence-electron chi connectivity index (χ1n) is 5.91. The van der Waals surface area contributed by atoms with Crippen molar-refractivity contribution in [1.82, 2.24) is 15.1 Å². The molecular formula is C11H12ClN4O4S+. The highest BCUT2D eigenvalue weighted by atomic mass is 35.5. The maximum atomic E-state index is 11.4. The van der Waals surface area contributed by atoms with Gasteiger partial charge in [-0.05, 0) is 5.10 Å². The van der Waals surface area contributed by atoms with E-state index in [1.165, 1.54) is 17.1 Å². The number of aryl methyl sites for hydroxylation is 1. The van der Waals surface area contributed by atoms with Gasteiger partial charge in [-0.3, -0.25) is 9.35 Å². The van der Waals surface area contributed by atoms with Crippen LogP contribution >= 0.6 is 11.6 Å². The van der Waals surface area contributed by atoms with E-state index in [2.05, 4.69) is 15.1 Å². The van der Waals surface area contributed by atoms with Crippen molar-refractivity contribution in [3.05, 3.63) is 40.0 Å². The molecule has 0 aliphatic rings. The van der Waals surface area contributed by atoms with Gasteiger partial charge in [0.15, 0.2) is 12.7 Å². The molecule has 2 aromatic heterocycles. The van der Waals surface area contributed by atoms with Crippen LogP contribution in [0.3, 0.4) is 0 Å². The molecule has 0 aliphatic heterocycles. The van der Waals surface area contributed by atoms with Crippen LogP contribution in [0, 0.1) is 0 Å². The fourth-order valence-electron chi connectivity index (χ4n) is 1.59. The average molecular weight is 332 g/mol. The molecule has 0 atom stereocenters. The number of nitrogens with zero attached hydrogens (tertiary/aromatic N) is 3. The third-order valence-corrected chi connectivity index (χ3v) is 3.66. The summed E-state index contributed by atoms with van der Waals surface area (Å²) in [5, 5.41) is 4.07. The van der Waals surface area contributed by atoms with E-state index in [-0.39, 0.29) is 17.2 Å². The first kappa shape index (κ1) is 15.5. The lowest BCUT2D eigenvalue weighted by atomic mass is 10.3. The Morgan fingerprint density at radius 1 is 1.38 bits per heavy atom. The highest BCUT2D eigenvalue weighted by Crippen LogP contribution is 2.10. The van der Waals surface area contributed by atoms with Crippen molar-refractivity contribution in [3.63, 3.8) is 0 Å². The molecule has 0 spiro atoms. The van der Waals surface area contributed by atoms with Crippen LogP contribution < -0.4 is 10.2 Å². The molecular weight excluding hydrogens is 320 g/mol. The number of rotatable bonds is 5. The Hall–Kier alpha value is -1.84. The number of H-pyrrole nitrogens is 1. The first-order valence-corrected chi connectivity index (χ1v) is 7.90. The zero-order valence-corrected chi connectivity index (χ0v) is 12.3. The standard InChI is InChI=1S/C11H11ClN4O4S/c12-9-7-13-10(15-11(9)17)8-2-4-16(14-6-8)3-1-5-21(18,19)20/h2,4,6-7H,1,3,5H2,(H-,13,15,17,18,19,20)/p+1. The molecule has 0 fully saturated rings. The molecule has 0 saturated heterocycles. The lowest BCUT2D eigenvalue weighted by molar-refractivity contribution is -0.753. The van der Waals surface area contributed by atoms with Crippen molar-refractivity contribution < 1.29 is 17.7 Å². The number of halogens is 1. The molecule has 2 aromatic rings. The topological polar surface area (TPSA) is 117 Å². The van der Waals surface area contributed by atoms with E-state index in [0.717, 1.165) is 0 Å². The number of hydrogen-bond acceptors (Lipinski definition) is 5. The monoisotopic (exact) mass is 331 g/mol. The Bertz CT molecular complexity index is 789. The van der Waals surface area contributed by atoms with Crippen LogP contribution in [-0.4, -0.2) is 33.8 Å². The molecule has 2 rings (SSSR count). The van der Waals surface area contributed by atoms with Crippen LogP contribution in [0.5, 0.6) is 0 Å². The predicted molar refractivity (Wildman–Crippen MR) is 74.3 cm³/mol. The van der Waals surface area contributed by atoms with Gasteiger partial charge in [0.1, 0.15) is 17.0 Å². The Labute approximate surface area is 125 Å². The lowest BCUT2D eigenvalue weighted by Gasteiger charge is -1.99. The van der Waals surface area contributed by atoms with Gasteiger partial charge in [-0.2, -0.15) is 8.42 Å². The van der Waals surface area contributed by atoms with E-state index in [0.29, 0.717) is 17.9 Å². The minimum atomic E-state index is -3.96. The van der Waals surface area contributed by atoms with Crippen molar-refractivity contribution in [2.75, 3.05) is 5.75 Å². The first-order chi connectivity index (χ1) is 9.85. The Morgan fingerprint density at radius 2 is 2.14 bits per heavy atom. The van der Waals surface area contributed by atoms with Crippen LogP contribution in [0.15, 0.2) is 29.5 Å². The summed E-state index contributed by atoms with van der Waals surface area (Å²) in [7, 11) is -3.96. The second-order valence-corrected chi connectivity index (χ2v) is 6.21. The predicted octanol–water partition coefficient (Wildman–Crippen LogP) is 0.0507. The molecule has 2 N–H and O–H groups in total. The molecule has 0 radical (unpaired) electrons. The number of aromatic nitrogens is 4. The SMILES string of the molecule is O=c1[nH]c(-c2cc[n+](CCCS(=O)(=O)O)nc2)ncc1Cl. The van der Waals surface area contributed by atoms with Gasteiger partial charge in [-0.15, -0.1) is 0 Å². The molecule has 21 heavy (non-hydrogen) atoms. The smallest absolute Gasteiger partial charge is 0.269 e. The minimum absolute atomic E-state index is 0.00270. The molecule has 0 amide bonds. The highest BCUT2D eigenvalue weighted by molar-refractivity contribution is 7.85. The summed E-state index contributed by atoms with van der Waals surface area (Å²) in [4.78, 5) is 17.9. The van der Waals surface area contributed by atoms with Crippen molar-refractivity contribution in [1.29, 1.82) is 0 Å². The summed E-state index contributed by atoms with van der Waals surface area (Å²) in [6.07, 6.45) is 4.60. The zero-order chi connectivity index (χ0) is 15.5. The highest BCUT2D eigenvalue weighted by Gasteiger charge is 2.10. The molecule has 0 aromatic carbocycles. The second-order valence-electron chi connectivity index (χ2n) is 4.23. The molecule has 2 heterocycles. The third kappa shape index (κ3) is 4.59. The summed E-state index contributed by atoms with van der Waals surface area (Å²) in [5.41, 5.74) is 0.154. The van der Waals surface area contributed by atoms with Crippen LogP contribution in [0.4, 0.5) is 0 Å². The molecule has 0 bridgehead atoms. The number of aromatic amines is 1. The van der Waals surface area contributed by atoms with E-state index in [4.69, 9.17) is 16.2 Å². The van der Waals surface area contributed by atoms with Crippen molar-refractivity contribution in [3.8, 4) is 11.4 Å². The quantitative estimate of drug-likeness (QED) is 0.590. The van der Waals surface area contributed by atoms with Gasteiger partial charge < -0.3 is 4.98 Å². The van der Waals surface area contributed by atoms with Crippen molar-refractivity contribution in [2.24, 2.45) is 0 Å². The van der Waals surface area contributed by atoms with Gasteiger partial charge in [0.05, 0.1) is 11.9 Å². The maximum Gasteiger partial charge on any atom is 0.269 e. The van der Waals surface area contributed by atoms with Crippen LogP contribution in [0.1, 0.15) is 6.42 Å². The van der Waals surface area contributed by atoms with Gasteiger partial charge in [0.2, 0.25) is 0 Å². The summed E-state index contributed by atoms with van der Waals surface area (Å²) in [6.45, 7) is 0.338. The van der Waals surface area contributed by atoms with Gasteiger partial charge in [0.25, 0.3) is 15.7 Å². The van der Waals surface area contributed by atoms with E-state index in [1.54, 1.807) is 12.3 Å². The second kappa shape index (κ2) is 6.29. The van der Waals surface area contributed by atoms with E-state index in [9.17, 15) is 13.2 Å². The lowest BCUT2D eigenvalue weighted by Crippen LogP contribution is -2.38. The molecule has 0 saturated carbocycles. The Morgan fingerprint density at radius 3 is 2.71 bits per heavy atom. The van der Waals surface area contributed by atoms with Gasteiger partial charge in [-0.1, -0.05) is 16.3 Å². The van der Waals surface area contributed by atoms with Gasteiger partial charge in [-0.25, -0.2) is 4.98 Å². The summed E-state index contributed by atoms with van der Waals surface area (Å²) < 4.78 is 31.3. The van der Waals surface area contributed by atoms with Crippen molar-refractivity contribution in [2.45, 2.75) is 13.0 Å². The maximum absolute atomic E-state index is 11.4. The Kier molecular flexibility index (Phi) is 4.66. The fraction of sp³-hybridized carbons (Fsp3) is 0.273. The zero-order valence-electron chi connectivity index (χ0n) is 10.7. The van der Waals surface area contributed by atoms with E-state index >= 15 is 0 Å². The van der Waals surface area contributed by atoms with Crippen LogP contribution in [-0.2, 0) is 16.7 Å². The van der Waals surface area contributed by atoms with E-state index in [1.807, 2.05) is 0 Å². The number of nitrogens with one attached hydrogen (secondary N) is 1. The summed E-state index contributed by atoms with van der Waals surface area (Å²) >= 11 is 5.59. The van der Waals surface area contributed by atoms with Gasteiger partial charge in [0, 0.05) is 18.1 Å². The molecule has 8 nitrogen and oxygen atoms in total. The largest absolute Gasteiger partial charge is 0.305 e. The molecule has 0 aliphatic carbocycles. The molecule has 0 unspecified atom stereocenters. The molecule has 112 valence electrons. The summed E-state index contributed by atoms with van der Waals surface area (Å²) in [5.74, 6) is 0.0113. The minimum Gasteiger partial charge on any atom is -0.305 e. The molecule has 10 heteroatoms. The fourth-order valence-corrected chi connectivity index (χ4v) is 2.18. The Balaban J connectivity index is 2.08. The third-order valence-electron chi connectivity index (χ3n) is 2.59. The summed E-state index contributed by atoms with van der Waals surface area (Å²) in [6, 6.07) is 1.67. The van der Waals surface area contributed by atoms with Crippen LogP contribution in [0.25, 0.3) is 11.4 Å².